The lowest BCUT2D eigenvalue weighted by atomic mass is 10.0. The summed E-state index contributed by atoms with van der Waals surface area (Å²) in [6.07, 6.45) is 2.37. The second-order valence-corrected chi connectivity index (χ2v) is 4.95. The Morgan fingerprint density at radius 3 is 2.65 bits per heavy atom. The van der Waals surface area contributed by atoms with Gasteiger partial charge in [-0.15, -0.1) is 0 Å². The molecule has 0 aromatic heterocycles. The van der Waals surface area contributed by atoms with Crippen molar-refractivity contribution in [1.29, 1.82) is 0 Å². The van der Waals surface area contributed by atoms with Gasteiger partial charge in [0, 0.05) is 13.6 Å². The van der Waals surface area contributed by atoms with E-state index in [2.05, 4.69) is 37.6 Å². The summed E-state index contributed by atoms with van der Waals surface area (Å²) in [6.45, 7) is 3.33. The Morgan fingerprint density at radius 2 is 2.00 bits per heavy atom. The predicted octanol–water partition coefficient (Wildman–Crippen LogP) is 3.48. The zero-order chi connectivity index (χ0) is 12.7. The van der Waals surface area contributed by atoms with Crippen LogP contribution in [0.5, 0.6) is 5.75 Å². The molecule has 0 N–H and O–H groups in total. The summed E-state index contributed by atoms with van der Waals surface area (Å²) >= 11 is 4.27. The highest BCUT2D eigenvalue weighted by Gasteiger charge is 2.08. The number of rotatable bonds is 7. The average molecular weight is 253 g/mol. The second kappa shape index (κ2) is 7.49. The van der Waals surface area contributed by atoms with Gasteiger partial charge in [0.2, 0.25) is 0 Å². The van der Waals surface area contributed by atoms with E-state index in [0.717, 1.165) is 29.7 Å². The van der Waals surface area contributed by atoms with E-state index in [0.29, 0.717) is 0 Å². The summed E-state index contributed by atoms with van der Waals surface area (Å²) in [7, 11) is 3.83. The van der Waals surface area contributed by atoms with Crippen LogP contribution in [-0.4, -0.2) is 26.5 Å². The first-order valence-corrected chi connectivity index (χ1v) is 6.77. The fourth-order valence-electron chi connectivity index (χ4n) is 1.84. The SMILES string of the molecule is COc1ccccc1N(C)CCC(C)CCS. The fourth-order valence-corrected chi connectivity index (χ4v) is 2.29. The summed E-state index contributed by atoms with van der Waals surface area (Å²) in [6, 6.07) is 8.15. The number of anilines is 1. The molecule has 17 heavy (non-hydrogen) atoms. The lowest BCUT2D eigenvalue weighted by Crippen LogP contribution is -2.21. The van der Waals surface area contributed by atoms with Gasteiger partial charge in [-0.2, -0.15) is 12.6 Å². The Bertz CT molecular complexity index is 330. The quantitative estimate of drug-likeness (QED) is 0.747. The average Bonchev–Trinajstić information content (AvgIpc) is 2.36. The molecule has 1 rings (SSSR count). The second-order valence-electron chi connectivity index (χ2n) is 4.50. The lowest BCUT2D eigenvalue weighted by Gasteiger charge is -2.23. The predicted molar refractivity (Wildman–Crippen MR) is 78.5 cm³/mol. The molecule has 0 aliphatic heterocycles. The first-order valence-electron chi connectivity index (χ1n) is 6.14. The molecule has 0 spiro atoms. The van der Waals surface area contributed by atoms with Crippen LogP contribution in [0.4, 0.5) is 5.69 Å². The van der Waals surface area contributed by atoms with Gasteiger partial charge < -0.3 is 9.64 Å². The van der Waals surface area contributed by atoms with E-state index >= 15 is 0 Å². The van der Waals surface area contributed by atoms with Crippen molar-refractivity contribution in [3.8, 4) is 5.75 Å². The smallest absolute Gasteiger partial charge is 0.142 e. The Balaban J connectivity index is 2.54. The minimum atomic E-state index is 0.727. The third-order valence-electron chi connectivity index (χ3n) is 3.08. The standard InChI is InChI=1S/C14H23NOS/c1-12(9-11-17)8-10-15(2)13-6-4-5-7-14(13)16-3/h4-7,12,17H,8-11H2,1-3H3. The molecule has 3 heteroatoms. The van der Waals surface area contributed by atoms with E-state index in [-0.39, 0.29) is 0 Å². The molecule has 1 unspecified atom stereocenters. The normalized spacial score (nSPS) is 12.2. The Hall–Kier alpha value is -0.830. The topological polar surface area (TPSA) is 12.5 Å². The molecule has 0 saturated heterocycles. The van der Waals surface area contributed by atoms with Crippen molar-refractivity contribution in [2.75, 3.05) is 31.4 Å². The number of thiol groups is 1. The van der Waals surface area contributed by atoms with Gasteiger partial charge in [-0.05, 0) is 36.6 Å². The highest BCUT2D eigenvalue weighted by atomic mass is 32.1. The van der Waals surface area contributed by atoms with Crippen LogP contribution in [0, 0.1) is 5.92 Å². The minimum absolute atomic E-state index is 0.727. The van der Waals surface area contributed by atoms with E-state index < -0.39 is 0 Å². The van der Waals surface area contributed by atoms with Crippen molar-refractivity contribution in [3.63, 3.8) is 0 Å². The van der Waals surface area contributed by atoms with Crippen molar-refractivity contribution >= 4 is 18.3 Å². The molecule has 0 aliphatic rings. The molecule has 0 saturated carbocycles. The van der Waals surface area contributed by atoms with Crippen molar-refractivity contribution in [2.45, 2.75) is 19.8 Å². The van der Waals surface area contributed by atoms with E-state index in [1.807, 2.05) is 18.2 Å². The molecule has 96 valence electrons. The maximum absolute atomic E-state index is 5.37. The number of hydrogen-bond donors (Lipinski definition) is 1. The highest BCUT2D eigenvalue weighted by molar-refractivity contribution is 7.80. The first kappa shape index (κ1) is 14.2. The maximum atomic E-state index is 5.37. The zero-order valence-corrected chi connectivity index (χ0v) is 11.9. The van der Waals surface area contributed by atoms with Gasteiger partial charge >= 0.3 is 0 Å². The van der Waals surface area contributed by atoms with E-state index in [9.17, 15) is 0 Å². The van der Waals surface area contributed by atoms with Gasteiger partial charge in [0.15, 0.2) is 0 Å². The molecule has 0 radical (unpaired) electrons. The molecule has 1 aromatic carbocycles. The molecule has 0 fully saturated rings. The minimum Gasteiger partial charge on any atom is -0.495 e. The summed E-state index contributed by atoms with van der Waals surface area (Å²) in [5, 5.41) is 0. The van der Waals surface area contributed by atoms with Crippen molar-refractivity contribution < 1.29 is 4.74 Å². The number of ether oxygens (including phenoxy) is 1. The molecular formula is C14H23NOS. The van der Waals surface area contributed by atoms with Crippen LogP contribution in [0.15, 0.2) is 24.3 Å². The molecule has 2 nitrogen and oxygen atoms in total. The molecular weight excluding hydrogens is 230 g/mol. The van der Waals surface area contributed by atoms with Crippen LogP contribution in [0.2, 0.25) is 0 Å². The third kappa shape index (κ3) is 4.50. The van der Waals surface area contributed by atoms with Gasteiger partial charge in [0.25, 0.3) is 0 Å². The van der Waals surface area contributed by atoms with Crippen LogP contribution < -0.4 is 9.64 Å². The molecule has 1 aromatic rings. The number of hydrogen-bond acceptors (Lipinski definition) is 3. The van der Waals surface area contributed by atoms with Crippen molar-refractivity contribution in [1.82, 2.24) is 0 Å². The maximum Gasteiger partial charge on any atom is 0.142 e. The summed E-state index contributed by atoms with van der Waals surface area (Å²) < 4.78 is 5.37. The van der Waals surface area contributed by atoms with E-state index in [4.69, 9.17) is 4.74 Å². The largest absolute Gasteiger partial charge is 0.495 e. The van der Waals surface area contributed by atoms with Crippen LogP contribution in [0.3, 0.4) is 0 Å². The van der Waals surface area contributed by atoms with Crippen LogP contribution in [0.1, 0.15) is 19.8 Å². The Labute approximate surface area is 110 Å². The molecule has 0 amide bonds. The van der Waals surface area contributed by atoms with Crippen LogP contribution in [-0.2, 0) is 0 Å². The fraction of sp³-hybridized carbons (Fsp3) is 0.571. The molecule has 0 aliphatic carbocycles. The zero-order valence-electron chi connectivity index (χ0n) is 11.0. The first-order chi connectivity index (χ1) is 8.19. The van der Waals surface area contributed by atoms with Gasteiger partial charge in [0.05, 0.1) is 12.8 Å². The summed E-state index contributed by atoms with van der Waals surface area (Å²) in [5.41, 5.74) is 1.16. The molecule has 0 bridgehead atoms. The van der Waals surface area contributed by atoms with Gasteiger partial charge in [-0.1, -0.05) is 19.1 Å². The highest BCUT2D eigenvalue weighted by Crippen LogP contribution is 2.27. The Morgan fingerprint density at radius 1 is 1.29 bits per heavy atom. The van der Waals surface area contributed by atoms with Gasteiger partial charge in [0.1, 0.15) is 5.75 Å². The molecule has 1 atom stereocenters. The van der Waals surface area contributed by atoms with Crippen LogP contribution in [0.25, 0.3) is 0 Å². The van der Waals surface area contributed by atoms with Gasteiger partial charge in [-0.25, -0.2) is 0 Å². The third-order valence-corrected chi connectivity index (χ3v) is 3.33. The van der Waals surface area contributed by atoms with E-state index in [1.54, 1.807) is 7.11 Å². The van der Waals surface area contributed by atoms with Gasteiger partial charge in [-0.3, -0.25) is 0 Å². The molecule has 0 heterocycles. The lowest BCUT2D eigenvalue weighted by molar-refractivity contribution is 0.414. The van der Waals surface area contributed by atoms with Crippen LogP contribution >= 0.6 is 12.6 Å². The summed E-state index contributed by atoms with van der Waals surface area (Å²) in [5.74, 6) is 2.64. The van der Waals surface area contributed by atoms with Crippen molar-refractivity contribution in [3.05, 3.63) is 24.3 Å². The number of methoxy groups -OCH3 is 1. The number of benzene rings is 1. The van der Waals surface area contributed by atoms with E-state index in [1.165, 1.54) is 12.8 Å². The number of para-hydroxylation sites is 2. The number of nitrogens with zero attached hydrogens (tertiary/aromatic N) is 1. The van der Waals surface area contributed by atoms with Crippen molar-refractivity contribution in [2.24, 2.45) is 5.92 Å². The summed E-state index contributed by atoms with van der Waals surface area (Å²) in [4.78, 5) is 2.26. The Kier molecular flexibility index (Phi) is 6.27. The monoisotopic (exact) mass is 253 g/mol.